The van der Waals surface area contributed by atoms with Gasteiger partial charge in [-0.2, -0.15) is 0 Å². The van der Waals surface area contributed by atoms with Crippen LogP contribution >= 0.6 is 0 Å². The van der Waals surface area contributed by atoms with Crippen LogP contribution < -0.4 is 5.73 Å². The van der Waals surface area contributed by atoms with Crippen LogP contribution in [0.5, 0.6) is 0 Å². The number of nitrogen functional groups attached to an aromatic ring is 1. The Labute approximate surface area is 115 Å². The van der Waals surface area contributed by atoms with Crippen LogP contribution in [0.25, 0.3) is 10.9 Å². The normalized spacial score (nSPS) is 10.4. The first-order valence-corrected chi connectivity index (χ1v) is 6.06. The zero-order chi connectivity index (χ0) is 14.7. The Bertz CT molecular complexity index is 670. The van der Waals surface area contributed by atoms with Gasteiger partial charge in [-0.3, -0.25) is 14.6 Å². The lowest BCUT2D eigenvalue weighted by molar-refractivity contribution is -0.143. The third-order valence-electron chi connectivity index (χ3n) is 2.90. The highest BCUT2D eigenvalue weighted by Gasteiger charge is 2.13. The summed E-state index contributed by atoms with van der Waals surface area (Å²) >= 11 is 0. The van der Waals surface area contributed by atoms with Crippen molar-refractivity contribution in [2.75, 3.05) is 19.3 Å². The van der Waals surface area contributed by atoms with Crippen molar-refractivity contribution in [3.63, 3.8) is 0 Å². The summed E-state index contributed by atoms with van der Waals surface area (Å²) in [6.45, 7) is -0.317. The number of likely N-dealkylation sites (N-methyl/N-ethyl adjacent to an activating group) is 1. The van der Waals surface area contributed by atoms with E-state index >= 15 is 0 Å². The minimum absolute atomic E-state index is 0.0735. The quantitative estimate of drug-likeness (QED) is 0.807. The molecule has 0 atom stereocenters. The van der Waals surface area contributed by atoms with Crippen molar-refractivity contribution in [1.29, 1.82) is 0 Å². The molecule has 20 heavy (non-hydrogen) atoms. The summed E-state index contributed by atoms with van der Waals surface area (Å²) in [5, 5.41) is 9.55. The van der Waals surface area contributed by atoms with Gasteiger partial charge in [-0.1, -0.05) is 6.07 Å². The molecule has 0 unspecified atom stereocenters. The molecule has 0 fully saturated rings. The van der Waals surface area contributed by atoms with Crippen molar-refractivity contribution in [3.05, 3.63) is 36.0 Å². The van der Waals surface area contributed by atoms with Crippen molar-refractivity contribution in [2.24, 2.45) is 0 Å². The average Bonchev–Trinajstić information content (AvgIpc) is 2.38. The molecule has 6 nitrogen and oxygen atoms in total. The van der Waals surface area contributed by atoms with Crippen molar-refractivity contribution in [3.8, 4) is 0 Å². The fraction of sp³-hybridized carbons (Fsp3) is 0.214. The molecule has 6 heteroatoms. The topological polar surface area (TPSA) is 96.5 Å². The fourth-order valence-corrected chi connectivity index (χ4v) is 1.87. The average molecular weight is 273 g/mol. The largest absolute Gasteiger partial charge is 0.480 e. The van der Waals surface area contributed by atoms with Gasteiger partial charge in [0.05, 0.1) is 17.6 Å². The minimum atomic E-state index is -1.04. The summed E-state index contributed by atoms with van der Waals surface area (Å²) in [5.74, 6) is -1.32. The van der Waals surface area contributed by atoms with Gasteiger partial charge >= 0.3 is 5.97 Å². The van der Waals surface area contributed by atoms with Crippen LogP contribution in [0.2, 0.25) is 0 Å². The van der Waals surface area contributed by atoms with Gasteiger partial charge in [0, 0.05) is 18.1 Å². The standard InChI is InChI=1S/C14H15N3O3/c1-17(8-14(19)20)13(18)7-11-4-2-9-6-10(15)3-5-12(9)16-11/h2-6H,7-8,15H2,1H3,(H,19,20). The van der Waals surface area contributed by atoms with E-state index in [0.29, 0.717) is 11.4 Å². The van der Waals surface area contributed by atoms with E-state index in [1.54, 1.807) is 18.2 Å². The summed E-state index contributed by atoms with van der Waals surface area (Å²) < 4.78 is 0. The Kier molecular flexibility index (Phi) is 3.84. The third kappa shape index (κ3) is 3.23. The molecule has 0 saturated carbocycles. The van der Waals surface area contributed by atoms with Crippen LogP contribution in [0.15, 0.2) is 30.3 Å². The number of carbonyl (C=O) groups excluding carboxylic acids is 1. The molecule has 1 aromatic heterocycles. The second kappa shape index (κ2) is 5.56. The number of aromatic nitrogens is 1. The highest BCUT2D eigenvalue weighted by Crippen LogP contribution is 2.16. The number of amides is 1. The van der Waals surface area contributed by atoms with Crippen LogP contribution in [0.4, 0.5) is 5.69 Å². The number of nitrogens with zero attached hydrogens (tertiary/aromatic N) is 2. The number of hydrogen-bond donors (Lipinski definition) is 2. The summed E-state index contributed by atoms with van der Waals surface area (Å²) in [6.07, 6.45) is 0.0735. The van der Waals surface area contributed by atoms with Gasteiger partial charge < -0.3 is 15.7 Å². The van der Waals surface area contributed by atoms with Gasteiger partial charge in [0.25, 0.3) is 0 Å². The number of pyridine rings is 1. The monoisotopic (exact) mass is 273 g/mol. The lowest BCUT2D eigenvalue weighted by Crippen LogP contribution is -2.33. The lowest BCUT2D eigenvalue weighted by atomic mass is 10.1. The number of fused-ring (bicyclic) bond motifs is 1. The Morgan fingerprint density at radius 1 is 1.30 bits per heavy atom. The van der Waals surface area contributed by atoms with E-state index in [1.807, 2.05) is 12.1 Å². The zero-order valence-electron chi connectivity index (χ0n) is 11.0. The van der Waals surface area contributed by atoms with E-state index in [0.717, 1.165) is 15.8 Å². The fourth-order valence-electron chi connectivity index (χ4n) is 1.87. The second-order valence-electron chi connectivity index (χ2n) is 4.58. The second-order valence-corrected chi connectivity index (χ2v) is 4.58. The van der Waals surface area contributed by atoms with Gasteiger partial charge in [0.15, 0.2) is 0 Å². The molecule has 0 aliphatic heterocycles. The molecule has 1 heterocycles. The van der Waals surface area contributed by atoms with Gasteiger partial charge in [0.1, 0.15) is 6.54 Å². The molecule has 0 radical (unpaired) electrons. The van der Waals surface area contributed by atoms with Crippen molar-refractivity contribution in [1.82, 2.24) is 9.88 Å². The molecule has 0 aliphatic carbocycles. The Morgan fingerprint density at radius 3 is 2.75 bits per heavy atom. The van der Waals surface area contributed by atoms with Gasteiger partial charge in [-0.15, -0.1) is 0 Å². The van der Waals surface area contributed by atoms with E-state index in [2.05, 4.69) is 4.98 Å². The molecule has 2 aromatic rings. The maximum atomic E-state index is 11.8. The number of nitrogens with two attached hydrogens (primary N) is 1. The highest BCUT2D eigenvalue weighted by atomic mass is 16.4. The summed E-state index contributed by atoms with van der Waals surface area (Å²) in [4.78, 5) is 27.9. The van der Waals surface area contributed by atoms with Crippen LogP contribution in [-0.2, 0) is 16.0 Å². The van der Waals surface area contributed by atoms with E-state index in [9.17, 15) is 9.59 Å². The Balaban J connectivity index is 2.15. The number of aliphatic carboxylic acids is 1. The molecule has 0 bridgehead atoms. The molecule has 0 saturated heterocycles. The summed E-state index contributed by atoms with van der Waals surface area (Å²) in [6, 6.07) is 8.94. The molecule has 3 N–H and O–H groups in total. The number of carboxylic acids is 1. The van der Waals surface area contributed by atoms with Gasteiger partial charge in [-0.05, 0) is 24.3 Å². The molecule has 1 aromatic carbocycles. The number of rotatable bonds is 4. The third-order valence-corrected chi connectivity index (χ3v) is 2.90. The van der Waals surface area contributed by atoms with Crippen LogP contribution in [-0.4, -0.2) is 40.5 Å². The minimum Gasteiger partial charge on any atom is -0.480 e. The molecule has 2 rings (SSSR count). The first kappa shape index (κ1) is 13.8. The predicted octanol–water partition coefficient (Wildman–Crippen LogP) is 0.902. The summed E-state index contributed by atoms with van der Waals surface area (Å²) in [5.41, 5.74) is 7.70. The van der Waals surface area contributed by atoms with Crippen molar-refractivity contribution in [2.45, 2.75) is 6.42 Å². The molecule has 0 spiro atoms. The summed E-state index contributed by atoms with van der Waals surface area (Å²) in [7, 11) is 1.46. The predicted molar refractivity (Wildman–Crippen MR) is 75.1 cm³/mol. The van der Waals surface area contributed by atoms with Crippen molar-refractivity contribution < 1.29 is 14.7 Å². The van der Waals surface area contributed by atoms with E-state index in [-0.39, 0.29) is 18.9 Å². The van der Waals surface area contributed by atoms with Crippen molar-refractivity contribution >= 4 is 28.5 Å². The number of anilines is 1. The SMILES string of the molecule is CN(CC(=O)O)C(=O)Cc1ccc2cc(N)ccc2n1. The first-order valence-electron chi connectivity index (χ1n) is 6.06. The van der Waals surface area contributed by atoms with Crippen LogP contribution in [0, 0.1) is 0 Å². The maximum absolute atomic E-state index is 11.8. The maximum Gasteiger partial charge on any atom is 0.323 e. The number of benzene rings is 1. The molecule has 104 valence electrons. The van der Waals surface area contributed by atoms with Gasteiger partial charge in [0.2, 0.25) is 5.91 Å². The molecular weight excluding hydrogens is 258 g/mol. The first-order chi connectivity index (χ1) is 9.45. The number of carboxylic acid groups (broad SMARTS) is 1. The molecule has 1 amide bonds. The van der Waals surface area contributed by atoms with E-state index in [1.165, 1.54) is 7.05 Å². The lowest BCUT2D eigenvalue weighted by Gasteiger charge is -2.14. The zero-order valence-corrected chi connectivity index (χ0v) is 11.0. The smallest absolute Gasteiger partial charge is 0.323 e. The van der Waals surface area contributed by atoms with E-state index < -0.39 is 5.97 Å². The molecule has 0 aliphatic rings. The van der Waals surface area contributed by atoms with Crippen LogP contribution in [0.3, 0.4) is 0 Å². The molecular formula is C14H15N3O3. The Hall–Kier alpha value is -2.63. The van der Waals surface area contributed by atoms with E-state index in [4.69, 9.17) is 10.8 Å². The Morgan fingerprint density at radius 2 is 2.05 bits per heavy atom. The van der Waals surface area contributed by atoms with Crippen LogP contribution in [0.1, 0.15) is 5.69 Å². The van der Waals surface area contributed by atoms with Gasteiger partial charge in [-0.25, -0.2) is 0 Å². The number of hydrogen-bond acceptors (Lipinski definition) is 4. The number of carbonyl (C=O) groups is 2. The highest BCUT2D eigenvalue weighted by molar-refractivity contribution is 5.85.